The van der Waals surface area contributed by atoms with E-state index < -0.39 is 16.8 Å². The van der Waals surface area contributed by atoms with Gasteiger partial charge in [0.25, 0.3) is 11.6 Å². The molecule has 106 valence electrons. The van der Waals surface area contributed by atoms with Crippen LogP contribution in [-0.4, -0.2) is 39.9 Å². The second kappa shape index (κ2) is 5.68. The average molecular weight is 278 g/mol. The second-order valence-corrected chi connectivity index (χ2v) is 4.71. The molecule has 0 radical (unpaired) electrons. The third-order valence-electron chi connectivity index (χ3n) is 3.44. The van der Waals surface area contributed by atoms with Crippen LogP contribution in [0.5, 0.6) is 0 Å². The van der Waals surface area contributed by atoms with E-state index in [4.69, 9.17) is 5.11 Å². The number of carbonyl (C=O) groups excluding carboxylic acids is 1. The number of rotatable bonds is 3. The first-order valence-corrected chi connectivity index (χ1v) is 6.25. The van der Waals surface area contributed by atoms with E-state index in [1.807, 2.05) is 0 Å². The highest BCUT2D eigenvalue weighted by Gasteiger charge is 2.27. The van der Waals surface area contributed by atoms with Gasteiger partial charge in [0, 0.05) is 30.8 Å². The van der Waals surface area contributed by atoms with Crippen molar-refractivity contribution in [2.24, 2.45) is 5.92 Å². The van der Waals surface area contributed by atoms with Gasteiger partial charge < -0.3 is 10.0 Å². The summed E-state index contributed by atoms with van der Waals surface area (Å²) in [5.41, 5.74) is 0.129. The molecule has 7 nitrogen and oxygen atoms in total. The second-order valence-electron chi connectivity index (χ2n) is 4.71. The van der Waals surface area contributed by atoms with Crippen LogP contribution in [0.15, 0.2) is 24.3 Å². The van der Waals surface area contributed by atoms with Crippen LogP contribution < -0.4 is 0 Å². The monoisotopic (exact) mass is 278 g/mol. The molecule has 0 aliphatic carbocycles. The highest BCUT2D eigenvalue weighted by Crippen LogP contribution is 2.20. The molecular weight excluding hydrogens is 264 g/mol. The van der Waals surface area contributed by atoms with E-state index in [2.05, 4.69) is 0 Å². The number of hydrogen-bond donors (Lipinski definition) is 1. The van der Waals surface area contributed by atoms with Gasteiger partial charge in [0.1, 0.15) is 0 Å². The molecule has 1 fully saturated rings. The summed E-state index contributed by atoms with van der Waals surface area (Å²) in [5, 5.41) is 19.6. The Morgan fingerprint density at radius 1 is 1.30 bits per heavy atom. The number of nitro groups is 1. The van der Waals surface area contributed by atoms with Crippen molar-refractivity contribution < 1.29 is 19.6 Å². The molecule has 1 amide bonds. The van der Waals surface area contributed by atoms with Crippen LogP contribution in [0.4, 0.5) is 5.69 Å². The highest BCUT2D eigenvalue weighted by atomic mass is 16.6. The van der Waals surface area contributed by atoms with Crippen LogP contribution in [0.25, 0.3) is 0 Å². The number of piperidine rings is 1. The third-order valence-corrected chi connectivity index (χ3v) is 3.44. The van der Waals surface area contributed by atoms with Crippen molar-refractivity contribution >= 4 is 17.6 Å². The Hall–Kier alpha value is -2.44. The van der Waals surface area contributed by atoms with Gasteiger partial charge in [0.15, 0.2) is 0 Å². The number of aliphatic carboxylic acids is 1. The lowest BCUT2D eigenvalue weighted by Gasteiger charge is -2.30. The molecular formula is C13H14N2O5. The molecule has 2 rings (SSSR count). The number of hydrogen-bond acceptors (Lipinski definition) is 4. The van der Waals surface area contributed by atoms with E-state index in [0.29, 0.717) is 25.9 Å². The summed E-state index contributed by atoms with van der Waals surface area (Å²) in [5.74, 6) is -1.55. The van der Waals surface area contributed by atoms with Crippen molar-refractivity contribution in [2.45, 2.75) is 12.8 Å². The van der Waals surface area contributed by atoms with Gasteiger partial charge in [-0.15, -0.1) is 0 Å². The molecule has 0 atom stereocenters. The van der Waals surface area contributed by atoms with Gasteiger partial charge in [0.2, 0.25) is 0 Å². The van der Waals surface area contributed by atoms with E-state index in [-0.39, 0.29) is 17.2 Å². The Morgan fingerprint density at radius 2 is 1.95 bits per heavy atom. The number of carboxylic acid groups (broad SMARTS) is 1. The number of amides is 1. The Labute approximate surface area is 115 Å². The maximum atomic E-state index is 12.2. The van der Waals surface area contributed by atoms with Crippen molar-refractivity contribution in [3.63, 3.8) is 0 Å². The summed E-state index contributed by atoms with van der Waals surface area (Å²) in [6.07, 6.45) is 0.825. The number of nitro benzene ring substituents is 1. The normalized spacial score (nSPS) is 15.9. The first kappa shape index (κ1) is 14.0. The lowest BCUT2D eigenvalue weighted by molar-refractivity contribution is -0.384. The Balaban J connectivity index is 2.07. The maximum absolute atomic E-state index is 12.2. The number of benzene rings is 1. The summed E-state index contributed by atoms with van der Waals surface area (Å²) < 4.78 is 0. The topological polar surface area (TPSA) is 101 Å². The standard InChI is InChI=1S/C13H14N2O5/c16-12(10-2-1-3-11(8-10)15(19)20)14-6-4-9(5-7-14)13(17)18/h1-3,8-9H,4-7H2,(H,17,18). The number of non-ortho nitro benzene ring substituents is 1. The van der Waals surface area contributed by atoms with Crippen LogP contribution in [0.1, 0.15) is 23.2 Å². The number of carboxylic acids is 1. The fourth-order valence-electron chi connectivity index (χ4n) is 2.26. The Morgan fingerprint density at radius 3 is 2.50 bits per heavy atom. The molecule has 1 aliphatic heterocycles. The summed E-state index contributed by atoms with van der Waals surface area (Å²) in [6.45, 7) is 0.719. The van der Waals surface area contributed by atoms with Gasteiger partial charge in [-0.3, -0.25) is 19.7 Å². The van der Waals surface area contributed by atoms with Crippen LogP contribution in [0.2, 0.25) is 0 Å². The zero-order chi connectivity index (χ0) is 14.7. The zero-order valence-electron chi connectivity index (χ0n) is 10.7. The third kappa shape index (κ3) is 2.93. The molecule has 20 heavy (non-hydrogen) atoms. The quantitative estimate of drug-likeness (QED) is 0.667. The van der Waals surface area contributed by atoms with Gasteiger partial charge in [-0.05, 0) is 18.9 Å². The summed E-state index contributed by atoms with van der Waals surface area (Å²) in [4.78, 5) is 34.7. The minimum Gasteiger partial charge on any atom is -0.481 e. The largest absolute Gasteiger partial charge is 0.481 e. The molecule has 0 unspecified atom stereocenters. The minimum absolute atomic E-state index is 0.128. The highest BCUT2D eigenvalue weighted by molar-refractivity contribution is 5.95. The molecule has 1 aromatic rings. The van der Waals surface area contributed by atoms with Crippen molar-refractivity contribution in [1.82, 2.24) is 4.90 Å². The smallest absolute Gasteiger partial charge is 0.306 e. The summed E-state index contributed by atoms with van der Waals surface area (Å²) in [6, 6.07) is 5.56. The van der Waals surface area contributed by atoms with Gasteiger partial charge >= 0.3 is 5.97 Å². The van der Waals surface area contributed by atoms with E-state index in [0.717, 1.165) is 0 Å². The predicted octanol–water partition coefficient (Wildman–Crippen LogP) is 1.53. The van der Waals surface area contributed by atoms with Crippen LogP contribution in [0, 0.1) is 16.0 Å². The molecule has 1 heterocycles. The fraction of sp³-hybridized carbons (Fsp3) is 0.385. The van der Waals surface area contributed by atoms with Gasteiger partial charge in [-0.2, -0.15) is 0 Å². The van der Waals surface area contributed by atoms with Crippen LogP contribution in [0.3, 0.4) is 0 Å². The van der Waals surface area contributed by atoms with Crippen molar-refractivity contribution in [3.05, 3.63) is 39.9 Å². The van der Waals surface area contributed by atoms with E-state index >= 15 is 0 Å². The molecule has 1 saturated heterocycles. The zero-order valence-corrected chi connectivity index (χ0v) is 10.7. The number of nitrogens with zero attached hydrogens (tertiary/aromatic N) is 2. The summed E-state index contributed by atoms with van der Waals surface area (Å²) >= 11 is 0. The SMILES string of the molecule is O=C(O)C1CCN(C(=O)c2cccc([N+](=O)[O-])c2)CC1. The first-order chi connectivity index (χ1) is 9.49. The van der Waals surface area contributed by atoms with Gasteiger partial charge in [0.05, 0.1) is 10.8 Å². The van der Waals surface area contributed by atoms with Crippen molar-refractivity contribution in [3.8, 4) is 0 Å². The molecule has 0 bridgehead atoms. The lowest BCUT2D eigenvalue weighted by Crippen LogP contribution is -2.40. The Bertz CT molecular complexity index is 549. The predicted molar refractivity (Wildman–Crippen MR) is 69.4 cm³/mol. The maximum Gasteiger partial charge on any atom is 0.306 e. The van der Waals surface area contributed by atoms with E-state index in [9.17, 15) is 19.7 Å². The van der Waals surface area contributed by atoms with E-state index in [1.54, 1.807) is 4.90 Å². The fourth-order valence-corrected chi connectivity index (χ4v) is 2.26. The molecule has 1 aliphatic rings. The first-order valence-electron chi connectivity index (χ1n) is 6.25. The van der Waals surface area contributed by atoms with Crippen LogP contribution >= 0.6 is 0 Å². The van der Waals surface area contributed by atoms with Gasteiger partial charge in [-0.1, -0.05) is 6.07 Å². The molecule has 0 saturated carbocycles. The van der Waals surface area contributed by atoms with Gasteiger partial charge in [-0.25, -0.2) is 0 Å². The summed E-state index contributed by atoms with van der Waals surface area (Å²) in [7, 11) is 0. The lowest BCUT2D eigenvalue weighted by atomic mass is 9.96. The van der Waals surface area contributed by atoms with E-state index in [1.165, 1.54) is 24.3 Å². The molecule has 0 spiro atoms. The van der Waals surface area contributed by atoms with Crippen LogP contribution in [-0.2, 0) is 4.79 Å². The minimum atomic E-state index is -0.840. The van der Waals surface area contributed by atoms with Crippen molar-refractivity contribution in [1.29, 1.82) is 0 Å². The molecule has 1 aromatic carbocycles. The molecule has 1 N–H and O–H groups in total. The Kier molecular flexibility index (Phi) is 3.97. The number of carbonyl (C=O) groups is 2. The van der Waals surface area contributed by atoms with Crippen molar-refractivity contribution in [2.75, 3.05) is 13.1 Å². The number of likely N-dealkylation sites (tertiary alicyclic amines) is 1. The molecule has 7 heteroatoms. The molecule has 0 aromatic heterocycles. The average Bonchev–Trinajstić information content (AvgIpc) is 2.46.